The van der Waals surface area contributed by atoms with E-state index in [-0.39, 0.29) is 5.82 Å². The van der Waals surface area contributed by atoms with E-state index < -0.39 is 0 Å². The van der Waals surface area contributed by atoms with Gasteiger partial charge in [-0.05, 0) is 54.7 Å². The van der Waals surface area contributed by atoms with Gasteiger partial charge in [0.1, 0.15) is 11.6 Å². The van der Waals surface area contributed by atoms with E-state index in [1.807, 2.05) is 0 Å². The first-order valence-electron chi connectivity index (χ1n) is 6.57. The Morgan fingerprint density at radius 2 is 1.89 bits per heavy atom. The van der Waals surface area contributed by atoms with Gasteiger partial charge in [0.25, 0.3) is 0 Å². The van der Waals surface area contributed by atoms with Crippen molar-refractivity contribution in [3.05, 3.63) is 53.3 Å². The smallest absolute Gasteiger partial charge is 0.138 e. The molecule has 2 aromatic carbocycles. The second-order valence-corrected chi connectivity index (χ2v) is 5.08. The molecule has 0 fully saturated rings. The summed E-state index contributed by atoms with van der Waals surface area (Å²) in [5, 5.41) is 0. The third-order valence-electron chi connectivity index (χ3n) is 3.82. The second-order valence-electron chi connectivity index (χ2n) is 5.08. The van der Waals surface area contributed by atoms with Crippen LogP contribution in [0.4, 0.5) is 4.39 Å². The van der Waals surface area contributed by atoms with E-state index in [1.165, 1.54) is 36.1 Å². The Hall–Kier alpha value is -2.16. The minimum absolute atomic E-state index is 0.239. The lowest BCUT2D eigenvalue weighted by molar-refractivity contribution is 0.629. The fourth-order valence-electron chi connectivity index (χ4n) is 2.84. The van der Waals surface area contributed by atoms with E-state index in [2.05, 4.69) is 28.2 Å². The molecule has 3 heteroatoms. The van der Waals surface area contributed by atoms with Gasteiger partial charge in [0.2, 0.25) is 0 Å². The van der Waals surface area contributed by atoms with Gasteiger partial charge in [-0.15, -0.1) is 0 Å². The Kier molecular flexibility index (Phi) is 2.21. The molecule has 0 radical (unpaired) electrons. The van der Waals surface area contributed by atoms with E-state index in [0.29, 0.717) is 0 Å². The van der Waals surface area contributed by atoms with Crippen LogP contribution < -0.4 is 0 Å². The molecule has 0 spiro atoms. The van der Waals surface area contributed by atoms with Crippen molar-refractivity contribution >= 4 is 11.0 Å². The number of hydrogen-bond acceptors (Lipinski definition) is 1. The van der Waals surface area contributed by atoms with Gasteiger partial charge in [-0.2, -0.15) is 0 Å². The maximum atomic E-state index is 13.2. The fraction of sp³-hybridized carbons (Fsp3) is 0.188. The lowest BCUT2D eigenvalue weighted by atomic mass is 10.1. The van der Waals surface area contributed by atoms with Crippen molar-refractivity contribution in [3.63, 3.8) is 0 Å². The Balaban J connectivity index is 1.85. The quantitative estimate of drug-likeness (QED) is 0.700. The molecular formula is C16H13FN2. The van der Waals surface area contributed by atoms with Gasteiger partial charge in [0.15, 0.2) is 0 Å². The number of hydrogen-bond donors (Lipinski definition) is 1. The van der Waals surface area contributed by atoms with Gasteiger partial charge in [-0.25, -0.2) is 9.37 Å². The van der Waals surface area contributed by atoms with Crippen LogP contribution in [0.3, 0.4) is 0 Å². The van der Waals surface area contributed by atoms with Gasteiger partial charge >= 0.3 is 0 Å². The molecule has 1 heterocycles. The number of H-pyrrole nitrogens is 1. The zero-order valence-corrected chi connectivity index (χ0v) is 10.4. The van der Waals surface area contributed by atoms with Crippen molar-refractivity contribution in [1.82, 2.24) is 9.97 Å². The number of fused-ring (bicyclic) bond motifs is 2. The van der Waals surface area contributed by atoms with Crippen LogP contribution in [-0.2, 0) is 12.8 Å². The first-order valence-corrected chi connectivity index (χ1v) is 6.57. The number of benzene rings is 2. The van der Waals surface area contributed by atoms with Gasteiger partial charge in [-0.3, -0.25) is 0 Å². The molecular weight excluding hydrogens is 239 g/mol. The molecule has 3 aromatic rings. The van der Waals surface area contributed by atoms with Crippen LogP contribution in [-0.4, -0.2) is 9.97 Å². The monoisotopic (exact) mass is 252 g/mol. The van der Waals surface area contributed by atoms with E-state index in [0.717, 1.165) is 28.8 Å². The first-order chi connectivity index (χ1) is 9.29. The van der Waals surface area contributed by atoms with Gasteiger partial charge in [-0.1, -0.05) is 12.1 Å². The SMILES string of the molecule is Fc1ccc2nc(-c3ccc4c(c3)CCC4)[nH]c2c1. The summed E-state index contributed by atoms with van der Waals surface area (Å²) in [4.78, 5) is 7.72. The van der Waals surface area contributed by atoms with E-state index in [1.54, 1.807) is 6.07 Å². The largest absolute Gasteiger partial charge is 0.338 e. The van der Waals surface area contributed by atoms with Crippen molar-refractivity contribution < 1.29 is 4.39 Å². The van der Waals surface area contributed by atoms with Crippen molar-refractivity contribution in [2.24, 2.45) is 0 Å². The molecule has 1 aromatic heterocycles. The zero-order chi connectivity index (χ0) is 12.8. The highest BCUT2D eigenvalue weighted by Crippen LogP contribution is 2.28. The average molecular weight is 252 g/mol. The van der Waals surface area contributed by atoms with E-state index in [4.69, 9.17) is 0 Å². The molecule has 0 aliphatic heterocycles. The highest BCUT2D eigenvalue weighted by atomic mass is 19.1. The Labute approximate surface area is 110 Å². The van der Waals surface area contributed by atoms with E-state index >= 15 is 0 Å². The van der Waals surface area contributed by atoms with Crippen LogP contribution in [0.2, 0.25) is 0 Å². The second kappa shape index (κ2) is 3.92. The van der Waals surface area contributed by atoms with Crippen LogP contribution >= 0.6 is 0 Å². The molecule has 4 rings (SSSR count). The maximum Gasteiger partial charge on any atom is 0.138 e. The third kappa shape index (κ3) is 1.73. The van der Waals surface area contributed by atoms with Crippen molar-refractivity contribution in [2.75, 3.05) is 0 Å². The van der Waals surface area contributed by atoms with Crippen LogP contribution in [0.25, 0.3) is 22.4 Å². The number of aromatic nitrogens is 2. The molecule has 19 heavy (non-hydrogen) atoms. The first kappa shape index (κ1) is 10.7. The predicted molar refractivity (Wildman–Crippen MR) is 73.5 cm³/mol. The highest BCUT2D eigenvalue weighted by Gasteiger charge is 2.13. The summed E-state index contributed by atoms with van der Waals surface area (Å²) in [6.45, 7) is 0. The number of aryl methyl sites for hydroxylation is 2. The van der Waals surface area contributed by atoms with E-state index in [9.17, 15) is 4.39 Å². The molecule has 1 N–H and O–H groups in total. The lowest BCUT2D eigenvalue weighted by Crippen LogP contribution is -1.85. The minimum Gasteiger partial charge on any atom is -0.338 e. The van der Waals surface area contributed by atoms with Crippen molar-refractivity contribution in [1.29, 1.82) is 0 Å². The minimum atomic E-state index is -0.239. The molecule has 94 valence electrons. The van der Waals surface area contributed by atoms with Crippen LogP contribution in [0.1, 0.15) is 17.5 Å². The molecule has 0 bridgehead atoms. The summed E-state index contributed by atoms with van der Waals surface area (Å²) < 4.78 is 13.2. The predicted octanol–water partition coefficient (Wildman–Crippen LogP) is 3.86. The van der Waals surface area contributed by atoms with Crippen LogP contribution in [0.15, 0.2) is 36.4 Å². The van der Waals surface area contributed by atoms with Crippen LogP contribution in [0.5, 0.6) is 0 Å². The summed E-state index contributed by atoms with van der Waals surface area (Å²) in [5.41, 5.74) is 5.50. The maximum absolute atomic E-state index is 13.2. The molecule has 0 saturated heterocycles. The lowest BCUT2D eigenvalue weighted by Gasteiger charge is -2.01. The number of nitrogens with one attached hydrogen (secondary N) is 1. The van der Waals surface area contributed by atoms with Crippen molar-refractivity contribution in [3.8, 4) is 11.4 Å². The highest BCUT2D eigenvalue weighted by molar-refractivity contribution is 5.79. The summed E-state index contributed by atoms with van der Waals surface area (Å²) >= 11 is 0. The fourth-order valence-corrected chi connectivity index (χ4v) is 2.84. The Morgan fingerprint density at radius 3 is 2.84 bits per heavy atom. The molecule has 0 atom stereocenters. The molecule has 0 amide bonds. The van der Waals surface area contributed by atoms with Gasteiger partial charge < -0.3 is 4.98 Å². The number of rotatable bonds is 1. The molecule has 1 aliphatic rings. The normalized spacial score (nSPS) is 13.9. The molecule has 2 nitrogen and oxygen atoms in total. The third-order valence-corrected chi connectivity index (χ3v) is 3.82. The topological polar surface area (TPSA) is 28.7 Å². The summed E-state index contributed by atoms with van der Waals surface area (Å²) in [6, 6.07) is 11.1. The molecule has 0 unspecified atom stereocenters. The number of halogens is 1. The standard InChI is InChI=1S/C16H13FN2/c17-13-6-7-14-15(9-13)19-16(18-14)12-5-4-10-2-1-3-11(10)8-12/h4-9H,1-3H2,(H,18,19). The summed E-state index contributed by atoms with van der Waals surface area (Å²) in [5.74, 6) is 0.576. The number of imidazole rings is 1. The summed E-state index contributed by atoms with van der Waals surface area (Å²) in [7, 11) is 0. The zero-order valence-electron chi connectivity index (χ0n) is 10.4. The van der Waals surface area contributed by atoms with Gasteiger partial charge in [0.05, 0.1) is 11.0 Å². The average Bonchev–Trinajstić information content (AvgIpc) is 3.02. The summed E-state index contributed by atoms with van der Waals surface area (Å²) in [6.07, 6.45) is 3.57. The van der Waals surface area contributed by atoms with Crippen LogP contribution in [0, 0.1) is 5.82 Å². The van der Waals surface area contributed by atoms with Gasteiger partial charge in [0, 0.05) is 5.56 Å². The number of nitrogens with zero attached hydrogens (tertiary/aromatic N) is 1. The molecule has 1 aliphatic carbocycles. The Bertz CT molecular complexity index is 774. The Morgan fingerprint density at radius 1 is 1.00 bits per heavy atom. The molecule has 0 saturated carbocycles. The number of aromatic amines is 1. The van der Waals surface area contributed by atoms with Crippen molar-refractivity contribution in [2.45, 2.75) is 19.3 Å².